The predicted octanol–water partition coefficient (Wildman–Crippen LogP) is 0.227. The number of carbonyl (C=O) groups excluding carboxylic acids is 2. The van der Waals surface area contributed by atoms with Crippen LogP contribution in [0.15, 0.2) is 0 Å². The summed E-state index contributed by atoms with van der Waals surface area (Å²) in [5.41, 5.74) is 5.19. The molecular formula is C11H17F2N3O3. The van der Waals surface area contributed by atoms with E-state index in [9.17, 15) is 18.4 Å². The van der Waals surface area contributed by atoms with Crippen molar-refractivity contribution in [1.29, 1.82) is 0 Å². The third-order valence-electron chi connectivity index (χ3n) is 3.54. The average Bonchev–Trinajstić information content (AvgIpc) is 2.32. The fourth-order valence-electron chi connectivity index (χ4n) is 2.49. The Kier molecular flexibility index (Phi) is 4.18. The van der Waals surface area contributed by atoms with Crippen molar-refractivity contribution in [2.75, 3.05) is 26.2 Å². The van der Waals surface area contributed by atoms with E-state index in [4.69, 9.17) is 5.73 Å². The number of hydrogen-bond acceptors (Lipinski definition) is 3. The number of ether oxygens (including phenoxy) is 1. The van der Waals surface area contributed by atoms with Gasteiger partial charge in [-0.25, -0.2) is 4.79 Å². The molecule has 3 amide bonds. The van der Waals surface area contributed by atoms with Crippen molar-refractivity contribution in [3.63, 3.8) is 0 Å². The van der Waals surface area contributed by atoms with Crippen molar-refractivity contribution in [2.24, 2.45) is 11.7 Å². The molecule has 2 rings (SSSR count). The molecule has 2 fully saturated rings. The molecule has 0 aromatic heterocycles. The van der Waals surface area contributed by atoms with Crippen molar-refractivity contribution in [1.82, 2.24) is 9.80 Å². The maximum absolute atomic E-state index is 12.1. The number of amides is 3. The highest BCUT2D eigenvalue weighted by Crippen LogP contribution is 2.23. The lowest BCUT2D eigenvalue weighted by molar-refractivity contribution is -0.200. The number of alkyl halides is 2. The number of nitrogens with zero attached hydrogens (tertiary/aromatic N) is 2. The van der Waals surface area contributed by atoms with Crippen LogP contribution in [0.4, 0.5) is 13.6 Å². The minimum absolute atomic E-state index is 0.111. The van der Waals surface area contributed by atoms with E-state index < -0.39 is 18.7 Å². The summed E-state index contributed by atoms with van der Waals surface area (Å²) in [5, 5.41) is 0. The molecular weight excluding hydrogens is 260 g/mol. The van der Waals surface area contributed by atoms with Crippen molar-refractivity contribution in [2.45, 2.75) is 25.6 Å². The van der Waals surface area contributed by atoms with Gasteiger partial charge in [0.2, 0.25) is 5.91 Å². The van der Waals surface area contributed by atoms with Gasteiger partial charge in [0.05, 0.1) is 12.0 Å². The molecule has 0 bridgehead atoms. The lowest BCUT2D eigenvalue weighted by Gasteiger charge is -2.42. The van der Waals surface area contributed by atoms with E-state index in [1.165, 1.54) is 9.80 Å². The summed E-state index contributed by atoms with van der Waals surface area (Å²) < 4.78 is 28.2. The standard InChI is InChI=1S/C11H17F2N3O3/c12-10(13)19-8-5-16(6-8)9(17)7-2-1-3-15(4-7)11(14)18/h7-8,10H,1-6H2,(H2,14,18). The predicted molar refractivity (Wildman–Crippen MR) is 61.3 cm³/mol. The number of urea groups is 1. The van der Waals surface area contributed by atoms with E-state index in [1.54, 1.807) is 0 Å². The van der Waals surface area contributed by atoms with E-state index in [1.807, 2.05) is 0 Å². The van der Waals surface area contributed by atoms with Crippen LogP contribution in [-0.2, 0) is 9.53 Å². The largest absolute Gasteiger partial charge is 0.351 e. The number of carbonyl (C=O) groups is 2. The monoisotopic (exact) mass is 277 g/mol. The van der Waals surface area contributed by atoms with Crippen LogP contribution in [0.5, 0.6) is 0 Å². The topological polar surface area (TPSA) is 75.9 Å². The van der Waals surface area contributed by atoms with E-state index in [2.05, 4.69) is 4.74 Å². The van der Waals surface area contributed by atoms with Crippen LogP contribution in [0.2, 0.25) is 0 Å². The lowest BCUT2D eigenvalue weighted by atomic mass is 9.95. The number of rotatable bonds is 3. The van der Waals surface area contributed by atoms with E-state index in [-0.39, 0.29) is 24.9 Å². The van der Waals surface area contributed by atoms with Crippen LogP contribution < -0.4 is 5.73 Å². The van der Waals surface area contributed by atoms with Gasteiger partial charge in [-0.05, 0) is 12.8 Å². The Morgan fingerprint density at radius 1 is 1.21 bits per heavy atom. The maximum atomic E-state index is 12.1. The van der Waals surface area contributed by atoms with Gasteiger partial charge in [-0.2, -0.15) is 8.78 Å². The molecule has 1 atom stereocenters. The quantitative estimate of drug-likeness (QED) is 0.802. The average molecular weight is 277 g/mol. The van der Waals surface area contributed by atoms with Gasteiger partial charge in [0, 0.05) is 26.2 Å². The summed E-state index contributed by atoms with van der Waals surface area (Å²) in [6, 6.07) is -0.528. The molecule has 2 N–H and O–H groups in total. The molecule has 0 spiro atoms. The van der Waals surface area contributed by atoms with E-state index in [0.717, 1.165) is 6.42 Å². The number of piperidine rings is 1. The molecule has 108 valence electrons. The van der Waals surface area contributed by atoms with Crippen molar-refractivity contribution < 1.29 is 23.1 Å². The number of primary amides is 1. The number of likely N-dealkylation sites (tertiary alicyclic amines) is 2. The van der Waals surface area contributed by atoms with Gasteiger partial charge in [-0.1, -0.05) is 0 Å². The Bertz CT molecular complexity index is 361. The highest BCUT2D eigenvalue weighted by atomic mass is 19.3. The van der Waals surface area contributed by atoms with Crippen LogP contribution in [0, 0.1) is 5.92 Å². The molecule has 1 unspecified atom stereocenters. The molecule has 8 heteroatoms. The molecule has 0 aromatic rings. The van der Waals surface area contributed by atoms with Gasteiger partial charge in [0.25, 0.3) is 0 Å². The van der Waals surface area contributed by atoms with Crippen LogP contribution in [0.1, 0.15) is 12.8 Å². The van der Waals surface area contributed by atoms with Gasteiger partial charge in [-0.15, -0.1) is 0 Å². The second-order valence-corrected chi connectivity index (χ2v) is 4.89. The lowest BCUT2D eigenvalue weighted by Crippen LogP contribution is -2.58. The van der Waals surface area contributed by atoms with Crippen LogP contribution >= 0.6 is 0 Å². The zero-order valence-corrected chi connectivity index (χ0v) is 10.4. The van der Waals surface area contributed by atoms with Crippen LogP contribution in [0.3, 0.4) is 0 Å². The zero-order valence-electron chi connectivity index (χ0n) is 10.4. The van der Waals surface area contributed by atoms with Gasteiger partial charge in [0.1, 0.15) is 0 Å². The van der Waals surface area contributed by atoms with Gasteiger partial charge >= 0.3 is 12.6 Å². The normalized spacial score (nSPS) is 24.5. The molecule has 2 saturated heterocycles. The molecule has 19 heavy (non-hydrogen) atoms. The smallest absolute Gasteiger partial charge is 0.345 e. The Morgan fingerprint density at radius 3 is 2.47 bits per heavy atom. The van der Waals surface area contributed by atoms with Crippen molar-refractivity contribution >= 4 is 11.9 Å². The molecule has 2 heterocycles. The number of nitrogens with two attached hydrogens (primary N) is 1. The molecule has 0 aromatic carbocycles. The summed E-state index contributed by atoms with van der Waals surface area (Å²) >= 11 is 0. The SMILES string of the molecule is NC(=O)N1CCCC(C(=O)N2CC(OC(F)F)C2)C1. The third-order valence-corrected chi connectivity index (χ3v) is 3.54. The Morgan fingerprint density at radius 2 is 1.89 bits per heavy atom. The van der Waals surface area contributed by atoms with Crippen molar-refractivity contribution in [3.8, 4) is 0 Å². The minimum atomic E-state index is -2.80. The van der Waals surface area contributed by atoms with E-state index in [0.29, 0.717) is 19.5 Å². The Labute approximate surface area is 109 Å². The summed E-state index contributed by atoms with van der Waals surface area (Å²) in [7, 11) is 0. The molecule has 0 saturated carbocycles. The summed E-state index contributed by atoms with van der Waals surface area (Å²) in [6.45, 7) is -1.55. The number of halogens is 2. The molecule has 2 aliphatic heterocycles. The first kappa shape index (κ1) is 14.0. The summed E-state index contributed by atoms with van der Waals surface area (Å²) in [5.74, 6) is -0.395. The molecule has 6 nitrogen and oxygen atoms in total. The zero-order chi connectivity index (χ0) is 14.0. The Balaban J connectivity index is 1.79. The van der Waals surface area contributed by atoms with Gasteiger partial charge in [-0.3, -0.25) is 4.79 Å². The first-order valence-electron chi connectivity index (χ1n) is 6.24. The Hall–Kier alpha value is -1.44. The fourth-order valence-corrected chi connectivity index (χ4v) is 2.49. The first-order valence-corrected chi connectivity index (χ1v) is 6.24. The number of hydrogen-bond donors (Lipinski definition) is 1. The molecule has 0 aliphatic carbocycles. The van der Waals surface area contributed by atoms with E-state index >= 15 is 0 Å². The van der Waals surface area contributed by atoms with Gasteiger partial charge < -0.3 is 20.3 Å². The summed E-state index contributed by atoms with van der Waals surface area (Å²) in [6.07, 6.45) is 0.837. The second kappa shape index (κ2) is 5.68. The van der Waals surface area contributed by atoms with Gasteiger partial charge in [0.15, 0.2) is 0 Å². The third kappa shape index (κ3) is 3.31. The highest BCUT2D eigenvalue weighted by Gasteiger charge is 2.38. The molecule has 2 aliphatic rings. The summed E-state index contributed by atoms with van der Waals surface area (Å²) in [4.78, 5) is 26.1. The van der Waals surface area contributed by atoms with Crippen molar-refractivity contribution in [3.05, 3.63) is 0 Å². The van der Waals surface area contributed by atoms with Crippen LogP contribution in [-0.4, -0.2) is 60.6 Å². The minimum Gasteiger partial charge on any atom is -0.351 e. The fraction of sp³-hybridized carbons (Fsp3) is 0.818. The maximum Gasteiger partial charge on any atom is 0.345 e. The highest BCUT2D eigenvalue weighted by molar-refractivity contribution is 5.81. The molecule has 0 radical (unpaired) electrons. The first-order chi connectivity index (χ1) is 8.97. The second-order valence-electron chi connectivity index (χ2n) is 4.89. The van der Waals surface area contributed by atoms with Crippen LogP contribution in [0.25, 0.3) is 0 Å².